The zero-order chi connectivity index (χ0) is 14.1. The molecular weight excluding hydrogens is 232 g/mol. The van der Waals surface area contributed by atoms with Gasteiger partial charge in [0.05, 0.1) is 6.54 Å². The van der Waals surface area contributed by atoms with Crippen LogP contribution in [-0.4, -0.2) is 41.0 Å². The molecule has 1 amide bonds. The number of likely N-dealkylation sites (tertiary alicyclic amines) is 1. The molecule has 2 N–H and O–H groups in total. The van der Waals surface area contributed by atoms with Gasteiger partial charge in [0.1, 0.15) is 5.60 Å². The summed E-state index contributed by atoms with van der Waals surface area (Å²) in [7, 11) is 0. The first-order valence-electron chi connectivity index (χ1n) is 6.30. The number of piperidine rings is 1. The van der Waals surface area contributed by atoms with Crippen LogP contribution in [0.1, 0.15) is 41.0 Å². The van der Waals surface area contributed by atoms with Gasteiger partial charge in [-0.2, -0.15) is 0 Å². The fourth-order valence-corrected chi connectivity index (χ4v) is 2.09. The lowest BCUT2D eigenvalue weighted by Gasteiger charge is -2.37. The summed E-state index contributed by atoms with van der Waals surface area (Å²) in [4.78, 5) is 25.3. The van der Waals surface area contributed by atoms with Gasteiger partial charge >= 0.3 is 6.09 Å². The number of hydrogen-bond acceptors (Lipinski definition) is 4. The molecule has 0 aromatic heterocycles. The first-order chi connectivity index (χ1) is 8.00. The number of ketones is 1. The van der Waals surface area contributed by atoms with Gasteiger partial charge in [0.2, 0.25) is 0 Å². The Morgan fingerprint density at radius 1 is 1.33 bits per heavy atom. The number of nitrogens with two attached hydrogens (primary N) is 1. The zero-order valence-corrected chi connectivity index (χ0v) is 11.9. The topological polar surface area (TPSA) is 72.6 Å². The summed E-state index contributed by atoms with van der Waals surface area (Å²) in [5, 5.41) is 0. The highest BCUT2D eigenvalue weighted by molar-refractivity contribution is 5.88. The van der Waals surface area contributed by atoms with Crippen molar-refractivity contribution in [2.75, 3.05) is 13.1 Å². The maximum absolute atomic E-state index is 12.0. The summed E-state index contributed by atoms with van der Waals surface area (Å²) in [5.41, 5.74) is 4.90. The molecule has 1 aliphatic heterocycles. The summed E-state index contributed by atoms with van der Waals surface area (Å²) in [6, 6.07) is 0. The number of nitrogens with zero attached hydrogens (tertiary/aromatic N) is 1. The molecule has 1 atom stereocenters. The minimum atomic E-state index is -0.538. The van der Waals surface area contributed by atoms with E-state index in [0.29, 0.717) is 13.0 Å². The van der Waals surface area contributed by atoms with Crippen LogP contribution in [0, 0.1) is 5.92 Å². The van der Waals surface area contributed by atoms with Crippen LogP contribution in [0.25, 0.3) is 0 Å². The van der Waals surface area contributed by atoms with Crippen LogP contribution in [0.2, 0.25) is 0 Å². The molecule has 0 aromatic rings. The molecule has 18 heavy (non-hydrogen) atoms. The smallest absolute Gasteiger partial charge is 0.410 e. The van der Waals surface area contributed by atoms with Gasteiger partial charge in [-0.15, -0.1) is 0 Å². The maximum atomic E-state index is 12.0. The molecule has 1 fully saturated rings. The Bertz CT molecular complexity index is 337. The summed E-state index contributed by atoms with van der Waals surface area (Å²) in [6.45, 7) is 9.73. The summed E-state index contributed by atoms with van der Waals surface area (Å²) in [6.07, 6.45) is 0.172. The highest BCUT2D eigenvalue weighted by Gasteiger charge is 2.38. The average molecular weight is 256 g/mol. The highest BCUT2D eigenvalue weighted by atomic mass is 16.6. The van der Waals surface area contributed by atoms with Crippen molar-refractivity contribution in [1.82, 2.24) is 4.90 Å². The molecule has 0 radical (unpaired) electrons. The van der Waals surface area contributed by atoms with Gasteiger partial charge in [-0.05, 0) is 41.0 Å². The van der Waals surface area contributed by atoms with E-state index in [1.165, 1.54) is 4.90 Å². The molecule has 104 valence electrons. The van der Waals surface area contributed by atoms with Gasteiger partial charge in [-0.3, -0.25) is 4.79 Å². The molecule has 0 bridgehead atoms. The molecule has 1 heterocycles. The minimum absolute atomic E-state index is 0.0135. The van der Waals surface area contributed by atoms with Crippen molar-refractivity contribution in [1.29, 1.82) is 0 Å². The van der Waals surface area contributed by atoms with Gasteiger partial charge in [-0.25, -0.2) is 4.79 Å². The Balaban J connectivity index is 2.62. The predicted molar refractivity (Wildman–Crippen MR) is 69.2 cm³/mol. The molecule has 0 spiro atoms. The fourth-order valence-electron chi connectivity index (χ4n) is 2.09. The van der Waals surface area contributed by atoms with Crippen molar-refractivity contribution in [2.24, 2.45) is 11.7 Å². The quantitative estimate of drug-likeness (QED) is 0.772. The van der Waals surface area contributed by atoms with Crippen LogP contribution in [-0.2, 0) is 9.53 Å². The maximum Gasteiger partial charge on any atom is 0.410 e. The molecule has 1 saturated heterocycles. The summed E-state index contributed by atoms with van der Waals surface area (Å²) in [5.74, 6) is -0.171. The van der Waals surface area contributed by atoms with E-state index >= 15 is 0 Å². The second-order valence-electron chi connectivity index (χ2n) is 6.53. The van der Waals surface area contributed by atoms with E-state index in [0.717, 1.165) is 0 Å². The molecule has 0 aliphatic carbocycles. The molecular formula is C13H24N2O3. The third-order valence-corrected chi connectivity index (χ3v) is 2.97. The largest absolute Gasteiger partial charge is 0.444 e. The number of ether oxygens (including phenoxy) is 1. The monoisotopic (exact) mass is 256 g/mol. The van der Waals surface area contributed by atoms with E-state index in [2.05, 4.69) is 0 Å². The van der Waals surface area contributed by atoms with E-state index in [9.17, 15) is 9.59 Å². The number of hydrogen-bond donors (Lipinski definition) is 1. The molecule has 1 unspecified atom stereocenters. The number of rotatable bonds is 1. The molecule has 0 aromatic carbocycles. The summed E-state index contributed by atoms with van der Waals surface area (Å²) >= 11 is 0. The first kappa shape index (κ1) is 15.0. The van der Waals surface area contributed by atoms with Crippen LogP contribution < -0.4 is 5.73 Å². The standard InChI is InChI=1S/C13H24N2O3/c1-12(2,3)18-11(17)15-7-6-9(10(16)8-15)13(4,5)14/h9H,6-8,14H2,1-5H3. The van der Waals surface area contributed by atoms with Crippen molar-refractivity contribution < 1.29 is 14.3 Å². The van der Waals surface area contributed by atoms with Crippen LogP contribution >= 0.6 is 0 Å². The Labute approximate surface area is 109 Å². The molecule has 5 nitrogen and oxygen atoms in total. The van der Waals surface area contributed by atoms with E-state index in [1.807, 2.05) is 34.6 Å². The average Bonchev–Trinajstić information content (AvgIpc) is 2.12. The van der Waals surface area contributed by atoms with Crippen molar-refractivity contribution in [2.45, 2.75) is 52.2 Å². The lowest BCUT2D eigenvalue weighted by atomic mass is 9.80. The van der Waals surface area contributed by atoms with Gasteiger partial charge in [0.15, 0.2) is 5.78 Å². The van der Waals surface area contributed by atoms with E-state index in [1.54, 1.807) is 0 Å². The van der Waals surface area contributed by atoms with Gasteiger partial charge in [-0.1, -0.05) is 0 Å². The van der Waals surface area contributed by atoms with Crippen LogP contribution in [0.4, 0.5) is 4.79 Å². The second kappa shape index (κ2) is 4.88. The van der Waals surface area contributed by atoms with Crippen LogP contribution in [0.5, 0.6) is 0 Å². The normalized spacial score (nSPS) is 22.0. The minimum Gasteiger partial charge on any atom is -0.444 e. The highest BCUT2D eigenvalue weighted by Crippen LogP contribution is 2.24. The predicted octanol–water partition coefficient (Wildman–Crippen LogP) is 1.55. The summed E-state index contributed by atoms with van der Waals surface area (Å²) < 4.78 is 5.25. The number of carbonyl (C=O) groups excluding carboxylic acids is 2. The van der Waals surface area contributed by atoms with Crippen molar-refractivity contribution >= 4 is 11.9 Å². The van der Waals surface area contributed by atoms with Crippen LogP contribution in [0.3, 0.4) is 0 Å². The Hall–Kier alpha value is -1.10. The molecule has 0 saturated carbocycles. The number of carbonyl (C=O) groups is 2. The second-order valence-corrected chi connectivity index (χ2v) is 6.53. The molecule has 1 rings (SSSR count). The van der Waals surface area contributed by atoms with E-state index in [4.69, 9.17) is 10.5 Å². The van der Waals surface area contributed by atoms with Crippen molar-refractivity contribution in [3.05, 3.63) is 0 Å². The van der Waals surface area contributed by atoms with Gasteiger partial charge in [0, 0.05) is 18.0 Å². The molecule has 5 heteroatoms. The first-order valence-corrected chi connectivity index (χ1v) is 6.30. The number of Topliss-reactive ketones (excluding diaryl/α,β-unsaturated/α-hetero) is 1. The Kier molecular flexibility index (Phi) is 4.05. The Morgan fingerprint density at radius 2 is 1.89 bits per heavy atom. The Morgan fingerprint density at radius 3 is 2.28 bits per heavy atom. The lowest BCUT2D eigenvalue weighted by molar-refractivity contribution is -0.128. The third-order valence-electron chi connectivity index (χ3n) is 2.97. The van der Waals surface area contributed by atoms with Gasteiger partial charge < -0.3 is 15.4 Å². The SMILES string of the molecule is CC(C)(C)OC(=O)N1CCC(C(C)(C)N)C(=O)C1. The van der Waals surface area contributed by atoms with Crippen molar-refractivity contribution in [3.8, 4) is 0 Å². The van der Waals surface area contributed by atoms with Gasteiger partial charge in [0.25, 0.3) is 0 Å². The van der Waals surface area contributed by atoms with Crippen LogP contribution in [0.15, 0.2) is 0 Å². The fraction of sp³-hybridized carbons (Fsp3) is 0.846. The van der Waals surface area contributed by atoms with E-state index in [-0.39, 0.29) is 18.2 Å². The number of amides is 1. The lowest BCUT2D eigenvalue weighted by Crippen LogP contribution is -2.54. The molecule has 1 aliphatic rings. The van der Waals surface area contributed by atoms with E-state index < -0.39 is 17.2 Å². The third kappa shape index (κ3) is 3.98. The van der Waals surface area contributed by atoms with Crippen molar-refractivity contribution in [3.63, 3.8) is 0 Å². The zero-order valence-electron chi connectivity index (χ0n) is 11.9.